The third-order valence-electron chi connectivity index (χ3n) is 4.68. The van der Waals surface area contributed by atoms with Crippen LogP contribution in [0.15, 0.2) is 0 Å². The Morgan fingerprint density at radius 3 is 1.73 bits per heavy atom. The van der Waals surface area contributed by atoms with Gasteiger partial charge in [0, 0.05) is 12.8 Å². The van der Waals surface area contributed by atoms with E-state index >= 15 is 0 Å². The lowest BCUT2D eigenvalue weighted by Gasteiger charge is -2.18. The van der Waals surface area contributed by atoms with Crippen molar-refractivity contribution >= 4 is 19.8 Å². The summed E-state index contributed by atoms with van der Waals surface area (Å²) >= 11 is 0. The number of hydrogen-bond donors (Lipinski definition) is 2. The van der Waals surface area contributed by atoms with Crippen LogP contribution in [0.2, 0.25) is 0 Å². The number of rotatable bonds is 20. The second-order valence-corrected chi connectivity index (χ2v) is 8.81. The predicted octanol–water partition coefficient (Wildman–Crippen LogP) is 5.05. The summed E-state index contributed by atoms with van der Waals surface area (Å²) < 4.78 is 25.3. The molecule has 0 heterocycles. The molecule has 0 aromatic heterocycles. The Labute approximate surface area is 181 Å². The first-order valence-electron chi connectivity index (χ1n) is 11.3. The zero-order chi connectivity index (χ0) is 22.7. The van der Waals surface area contributed by atoms with E-state index in [0.717, 1.165) is 19.3 Å². The maximum atomic E-state index is 12.0. The molecule has 9 heteroatoms. The van der Waals surface area contributed by atoms with Crippen LogP contribution in [0.1, 0.15) is 104 Å². The molecular weight excluding hydrogens is 411 g/mol. The summed E-state index contributed by atoms with van der Waals surface area (Å²) in [6.07, 6.45) is 13.6. The Bertz CT molecular complexity index is 491. The third kappa shape index (κ3) is 20.3. The standard InChI is InChI=1S/C21H41O8P/c1-3-5-6-7-8-9-10-11-12-13-14-15-16-21(23)29-19(17-27-20(22)4-2)18-28-30(24,25)26/h19H,3-18H2,1-2H3,(H2,24,25,26). The summed E-state index contributed by atoms with van der Waals surface area (Å²) in [5.41, 5.74) is 0. The maximum Gasteiger partial charge on any atom is 0.469 e. The molecule has 0 bridgehead atoms. The Hall–Kier alpha value is -0.950. The van der Waals surface area contributed by atoms with Gasteiger partial charge in [0.2, 0.25) is 0 Å². The number of carbonyl (C=O) groups excluding carboxylic acids is 2. The Balaban J connectivity index is 3.86. The van der Waals surface area contributed by atoms with E-state index in [2.05, 4.69) is 11.4 Å². The molecule has 1 unspecified atom stereocenters. The molecule has 0 aliphatic heterocycles. The lowest BCUT2D eigenvalue weighted by atomic mass is 10.0. The predicted molar refractivity (Wildman–Crippen MR) is 115 cm³/mol. The van der Waals surface area contributed by atoms with Gasteiger partial charge >= 0.3 is 19.8 Å². The van der Waals surface area contributed by atoms with Crippen molar-refractivity contribution < 1.29 is 37.9 Å². The van der Waals surface area contributed by atoms with Gasteiger partial charge in [0.25, 0.3) is 0 Å². The fourth-order valence-corrected chi connectivity index (χ4v) is 3.30. The molecule has 0 fully saturated rings. The van der Waals surface area contributed by atoms with Crippen molar-refractivity contribution in [3.8, 4) is 0 Å². The highest BCUT2D eigenvalue weighted by atomic mass is 31.2. The summed E-state index contributed by atoms with van der Waals surface area (Å²) in [5, 5.41) is 0. The quantitative estimate of drug-likeness (QED) is 0.150. The van der Waals surface area contributed by atoms with Gasteiger partial charge in [0.15, 0.2) is 6.10 Å². The lowest BCUT2D eigenvalue weighted by molar-refractivity contribution is -0.161. The van der Waals surface area contributed by atoms with Crippen LogP contribution in [0, 0.1) is 0 Å². The molecule has 0 aromatic rings. The summed E-state index contributed by atoms with van der Waals surface area (Å²) in [6.45, 7) is 3.01. The van der Waals surface area contributed by atoms with Crippen LogP contribution in [0.3, 0.4) is 0 Å². The zero-order valence-corrected chi connectivity index (χ0v) is 19.6. The van der Waals surface area contributed by atoms with Crippen LogP contribution >= 0.6 is 7.82 Å². The van der Waals surface area contributed by atoms with Crippen LogP contribution in [0.5, 0.6) is 0 Å². The Morgan fingerprint density at radius 2 is 1.27 bits per heavy atom. The largest absolute Gasteiger partial charge is 0.469 e. The van der Waals surface area contributed by atoms with E-state index in [1.807, 2.05) is 0 Å². The molecule has 0 amide bonds. The zero-order valence-electron chi connectivity index (χ0n) is 18.7. The molecule has 0 radical (unpaired) electrons. The summed E-state index contributed by atoms with van der Waals surface area (Å²) in [6, 6.07) is 0. The van der Waals surface area contributed by atoms with Gasteiger partial charge in [-0.3, -0.25) is 14.1 Å². The second kappa shape index (κ2) is 18.8. The summed E-state index contributed by atoms with van der Waals surface area (Å²) in [4.78, 5) is 40.8. The highest BCUT2D eigenvalue weighted by Gasteiger charge is 2.22. The molecule has 8 nitrogen and oxygen atoms in total. The van der Waals surface area contributed by atoms with Crippen molar-refractivity contribution in [3.05, 3.63) is 0 Å². The smallest absolute Gasteiger partial charge is 0.462 e. The van der Waals surface area contributed by atoms with Crippen LogP contribution in [0.4, 0.5) is 0 Å². The fraction of sp³-hybridized carbons (Fsp3) is 0.905. The Kier molecular flexibility index (Phi) is 18.2. The van der Waals surface area contributed by atoms with E-state index in [1.165, 1.54) is 51.4 Å². The van der Waals surface area contributed by atoms with E-state index < -0.39 is 32.5 Å². The number of phosphoric ester groups is 1. The minimum absolute atomic E-state index is 0.152. The number of ether oxygens (including phenoxy) is 2. The Morgan fingerprint density at radius 1 is 0.767 bits per heavy atom. The van der Waals surface area contributed by atoms with E-state index in [9.17, 15) is 14.2 Å². The molecule has 0 aliphatic carbocycles. The van der Waals surface area contributed by atoms with E-state index in [0.29, 0.717) is 6.42 Å². The van der Waals surface area contributed by atoms with Crippen molar-refractivity contribution in [2.45, 2.75) is 110 Å². The van der Waals surface area contributed by atoms with E-state index in [4.69, 9.17) is 19.3 Å². The van der Waals surface area contributed by atoms with Crippen LogP contribution < -0.4 is 0 Å². The molecule has 0 spiro atoms. The number of unbranched alkanes of at least 4 members (excludes halogenated alkanes) is 11. The number of esters is 2. The maximum absolute atomic E-state index is 12.0. The number of carbonyl (C=O) groups is 2. The first-order valence-corrected chi connectivity index (χ1v) is 12.9. The highest BCUT2D eigenvalue weighted by molar-refractivity contribution is 7.46. The first kappa shape index (κ1) is 29.1. The van der Waals surface area contributed by atoms with Gasteiger partial charge in [-0.15, -0.1) is 0 Å². The van der Waals surface area contributed by atoms with Crippen molar-refractivity contribution in [3.63, 3.8) is 0 Å². The normalized spacial score (nSPS) is 12.5. The van der Waals surface area contributed by atoms with Gasteiger partial charge in [0.1, 0.15) is 6.61 Å². The highest BCUT2D eigenvalue weighted by Crippen LogP contribution is 2.35. The molecule has 0 saturated carbocycles. The van der Waals surface area contributed by atoms with Gasteiger partial charge in [-0.05, 0) is 6.42 Å². The molecular formula is C21H41O8P. The van der Waals surface area contributed by atoms with Crippen molar-refractivity contribution in [2.75, 3.05) is 13.2 Å². The van der Waals surface area contributed by atoms with Crippen LogP contribution in [-0.2, 0) is 28.2 Å². The number of phosphoric acid groups is 1. The average molecular weight is 453 g/mol. The molecule has 0 saturated heterocycles. The molecule has 30 heavy (non-hydrogen) atoms. The second-order valence-electron chi connectivity index (χ2n) is 7.57. The lowest BCUT2D eigenvalue weighted by Crippen LogP contribution is -2.29. The van der Waals surface area contributed by atoms with Crippen molar-refractivity contribution in [1.82, 2.24) is 0 Å². The third-order valence-corrected chi connectivity index (χ3v) is 5.17. The summed E-state index contributed by atoms with van der Waals surface area (Å²) in [5.74, 6) is -0.984. The topological polar surface area (TPSA) is 119 Å². The molecule has 0 aromatic carbocycles. The average Bonchev–Trinajstić information content (AvgIpc) is 2.69. The monoisotopic (exact) mass is 452 g/mol. The summed E-state index contributed by atoms with van der Waals surface area (Å²) in [7, 11) is -4.70. The number of hydrogen-bond acceptors (Lipinski definition) is 6. The van der Waals surface area contributed by atoms with Crippen molar-refractivity contribution in [1.29, 1.82) is 0 Å². The van der Waals surface area contributed by atoms with Gasteiger partial charge in [-0.2, -0.15) is 0 Å². The van der Waals surface area contributed by atoms with Gasteiger partial charge in [-0.1, -0.05) is 84.5 Å². The minimum atomic E-state index is -4.70. The van der Waals surface area contributed by atoms with Gasteiger partial charge in [0.05, 0.1) is 6.61 Å². The molecule has 0 rings (SSSR count). The van der Waals surface area contributed by atoms with E-state index in [1.54, 1.807) is 6.92 Å². The SMILES string of the molecule is CCCCCCCCCCCCCCC(=O)OC(COC(=O)CC)COP(=O)(O)O. The minimum Gasteiger partial charge on any atom is -0.462 e. The molecule has 178 valence electrons. The van der Waals surface area contributed by atoms with Crippen molar-refractivity contribution in [2.24, 2.45) is 0 Å². The molecule has 2 N–H and O–H groups in total. The van der Waals surface area contributed by atoms with Gasteiger partial charge in [-0.25, -0.2) is 4.57 Å². The van der Waals surface area contributed by atoms with Crippen LogP contribution in [-0.4, -0.2) is 41.0 Å². The fourth-order valence-electron chi connectivity index (χ4n) is 2.94. The van der Waals surface area contributed by atoms with Gasteiger partial charge < -0.3 is 19.3 Å². The molecule has 0 aliphatic rings. The first-order chi connectivity index (χ1) is 14.3. The van der Waals surface area contributed by atoms with E-state index in [-0.39, 0.29) is 19.4 Å². The molecule has 1 atom stereocenters. The van der Waals surface area contributed by atoms with Crippen LogP contribution in [0.25, 0.3) is 0 Å².